The van der Waals surface area contributed by atoms with Gasteiger partial charge in [0.1, 0.15) is 6.79 Å². The number of hydrogen-bond donors (Lipinski definition) is 2. The minimum absolute atomic E-state index is 0.202. The van der Waals surface area contributed by atoms with Gasteiger partial charge in [0.15, 0.2) is 0 Å². The van der Waals surface area contributed by atoms with Gasteiger partial charge < -0.3 is 19.7 Å². The highest BCUT2D eigenvalue weighted by atomic mass is 16.7. The van der Waals surface area contributed by atoms with Crippen molar-refractivity contribution in [2.24, 2.45) is 0 Å². The second kappa shape index (κ2) is 15.2. The summed E-state index contributed by atoms with van der Waals surface area (Å²) in [5.74, 6) is 0. The highest BCUT2D eigenvalue weighted by Crippen LogP contribution is 2.12. The maximum Gasteiger partial charge on any atom is 0.146 e. The first-order valence-corrected chi connectivity index (χ1v) is 7.57. The van der Waals surface area contributed by atoms with Crippen molar-refractivity contribution in [1.29, 1.82) is 0 Å². The summed E-state index contributed by atoms with van der Waals surface area (Å²) in [7, 11) is 1.60. The standard InChI is InChI=1S/C16H34O4/c1-3-15(17)16(18)12-10-8-6-4-5-7-9-11-13-20-14-19-2/h15-18H,3-14H2,1-2H3/t15-,16-/m0/s1/i1D3,3D2. The van der Waals surface area contributed by atoms with Crippen LogP contribution < -0.4 is 0 Å². The number of ether oxygens (including phenoxy) is 2. The van der Waals surface area contributed by atoms with E-state index in [2.05, 4.69) is 0 Å². The third-order valence-electron chi connectivity index (χ3n) is 3.25. The first kappa shape index (κ1) is 12.4. The van der Waals surface area contributed by atoms with Crippen molar-refractivity contribution in [1.82, 2.24) is 0 Å². The average Bonchev–Trinajstić information content (AvgIpc) is 2.53. The first-order chi connectivity index (χ1) is 11.6. The molecule has 122 valence electrons. The zero-order chi connectivity index (χ0) is 19.3. The van der Waals surface area contributed by atoms with Crippen LogP contribution in [0, 0.1) is 0 Å². The van der Waals surface area contributed by atoms with Gasteiger partial charge >= 0.3 is 0 Å². The molecule has 0 aliphatic carbocycles. The molecule has 0 amide bonds. The van der Waals surface area contributed by atoms with Crippen LogP contribution >= 0.6 is 0 Å². The molecule has 0 aliphatic rings. The van der Waals surface area contributed by atoms with Crippen molar-refractivity contribution in [3.63, 3.8) is 0 Å². The quantitative estimate of drug-likeness (QED) is 0.360. The van der Waals surface area contributed by atoms with Gasteiger partial charge in [0.05, 0.1) is 12.2 Å². The molecule has 0 aromatic heterocycles. The lowest BCUT2D eigenvalue weighted by molar-refractivity contribution is -0.0315. The van der Waals surface area contributed by atoms with Gasteiger partial charge in [-0.1, -0.05) is 51.8 Å². The molecular weight excluding hydrogens is 256 g/mol. The minimum atomic E-state index is -2.96. The van der Waals surface area contributed by atoms with Crippen LogP contribution in [0.25, 0.3) is 0 Å². The first-order valence-electron chi connectivity index (χ1n) is 10.1. The van der Waals surface area contributed by atoms with E-state index in [1.54, 1.807) is 7.11 Å². The molecule has 0 heterocycles. The van der Waals surface area contributed by atoms with Gasteiger partial charge in [-0.05, 0) is 19.2 Å². The summed E-state index contributed by atoms with van der Waals surface area (Å²) < 4.78 is 46.2. The molecule has 0 saturated carbocycles. The number of hydrogen-bond acceptors (Lipinski definition) is 4. The molecule has 0 saturated heterocycles. The van der Waals surface area contributed by atoms with E-state index in [1.165, 1.54) is 0 Å². The van der Waals surface area contributed by atoms with E-state index in [0.717, 1.165) is 51.6 Å². The summed E-state index contributed by atoms with van der Waals surface area (Å²) >= 11 is 0. The van der Waals surface area contributed by atoms with Crippen molar-refractivity contribution >= 4 is 0 Å². The van der Waals surface area contributed by atoms with Crippen molar-refractivity contribution in [3.8, 4) is 0 Å². The predicted molar refractivity (Wildman–Crippen MR) is 81.7 cm³/mol. The van der Waals surface area contributed by atoms with Crippen molar-refractivity contribution in [3.05, 3.63) is 0 Å². The minimum Gasteiger partial charge on any atom is -0.390 e. The van der Waals surface area contributed by atoms with Gasteiger partial charge in [-0.2, -0.15) is 0 Å². The molecule has 0 rings (SSSR count). The van der Waals surface area contributed by atoms with Gasteiger partial charge in [-0.15, -0.1) is 0 Å². The Hall–Kier alpha value is -0.160. The Morgan fingerprint density at radius 2 is 1.55 bits per heavy atom. The Morgan fingerprint density at radius 1 is 0.950 bits per heavy atom. The molecular formula is C16H34O4. The van der Waals surface area contributed by atoms with E-state index in [9.17, 15) is 10.2 Å². The molecule has 2 N–H and O–H groups in total. The van der Waals surface area contributed by atoms with Crippen molar-refractivity contribution in [2.75, 3.05) is 20.5 Å². The van der Waals surface area contributed by atoms with Crippen LogP contribution in [0.2, 0.25) is 0 Å². The van der Waals surface area contributed by atoms with Crippen molar-refractivity contribution < 1.29 is 26.5 Å². The smallest absolute Gasteiger partial charge is 0.146 e. The Labute approximate surface area is 131 Å². The number of rotatable bonds is 15. The lowest BCUT2D eigenvalue weighted by Gasteiger charge is -2.15. The van der Waals surface area contributed by atoms with Crippen LogP contribution in [0.5, 0.6) is 0 Å². The molecule has 0 unspecified atom stereocenters. The Morgan fingerprint density at radius 3 is 2.15 bits per heavy atom. The second-order valence-corrected chi connectivity index (χ2v) is 5.09. The second-order valence-electron chi connectivity index (χ2n) is 5.09. The van der Waals surface area contributed by atoms with E-state index < -0.39 is 25.4 Å². The van der Waals surface area contributed by atoms with Crippen LogP contribution in [-0.4, -0.2) is 42.9 Å². The summed E-state index contributed by atoms with van der Waals surface area (Å²) in [6.07, 6.45) is 2.18. The zero-order valence-corrected chi connectivity index (χ0v) is 12.6. The summed E-state index contributed by atoms with van der Waals surface area (Å²) in [6.45, 7) is -1.89. The lowest BCUT2D eigenvalue weighted by atomic mass is 10.0. The number of methoxy groups -OCH3 is 1. The largest absolute Gasteiger partial charge is 0.390 e. The molecule has 2 atom stereocenters. The van der Waals surface area contributed by atoms with E-state index in [4.69, 9.17) is 16.3 Å². The van der Waals surface area contributed by atoms with Crippen LogP contribution in [0.15, 0.2) is 0 Å². The summed E-state index contributed by atoms with van der Waals surface area (Å²) in [6, 6.07) is 0. The molecule has 4 nitrogen and oxygen atoms in total. The molecule has 0 radical (unpaired) electrons. The predicted octanol–water partition coefficient (Wildman–Crippen LogP) is 3.25. The van der Waals surface area contributed by atoms with Gasteiger partial charge in [0.25, 0.3) is 0 Å². The third-order valence-corrected chi connectivity index (χ3v) is 3.25. The summed E-state index contributed by atoms with van der Waals surface area (Å²) in [5, 5.41) is 19.6. The van der Waals surface area contributed by atoms with Crippen LogP contribution in [0.3, 0.4) is 0 Å². The fraction of sp³-hybridized carbons (Fsp3) is 1.00. The average molecular weight is 295 g/mol. The normalized spacial score (nSPS) is 19.4. The van der Waals surface area contributed by atoms with Gasteiger partial charge in [0.2, 0.25) is 0 Å². The summed E-state index contributed by atoms with van der Waals surface area (Å²) in [5.41, 5.74) is 0. The maximum absolute atomic E-state index is 9.82. The maximum atomic E-state index is 9.82. The van der Waals surface area contributed by atoms with E-state index in [-0.39, 0.29) is 6.42 Å². The molecule has 0 aromatic rings. The number of aliphatic hydroxyl groups excluding tert-OH is 2. The van der Waals surface area contributed by atoms with Gasteiger partial charge in [-0.3, -0.25) is 0 Å². The highest BCUT2D eigenvalue weighted by Gasteiger charge is 2.12. The van der Waals surface area contributed by atoms with Gasteiger partial charge in [0, 0.05) is 20.6 Å². The Balaban J connectivity index is 3.62. The molecule has 0 spiro atoms. The molecule has 0 bridgehead atoms. The van der Waals surface area contributed by atoms with Crippen LogP contribution in [-0.2, 0) is 9.47 Å². The molecule has 20 heavy (non-hydrogen) atoms. The monoisotopic (exact) mass is 295 g/mol. The summed E-state index contributed by atoms with van der Waals surface area (Å²) in [4.78, 5) is 0. The van der Waals surface area contributed by atoms with E-state index in [1.807, 2.05) is 0 Å². The van der Waals surface area contributed by atoms with Crippen LogP contribution in [0.4, 0.5) is 0 Å². The fourth-order valence-electron chi connectivity index (χ4n) is 2.01. The van der Waals surface area contributed by atoms with Crippen molar-refractivity contribution in [2.45, 2.75) is 83.2 Å². The lowest BCUT2D eigenvalue weighted by Crippen LogP contribution is -2.24. The SMILES string of the molecule is [2H]C([2H])([2H])C([2H])([2H])[C@H](O)[C@@H](O)CCCCCCCCCCOCOC. The van der Waals surface area contributed by atoms with E-state index >= 15 is 0 Å². The number of unbranched alkanes of at least 4 members (excludes halogenated alkanes) is 7. The zero-order valence-electron chi connectivity index (χ0n) is 17.6. The number of aliphatic hydroxyl groups is 2. The molecule has 0 aliphatic heterocycles. The third kappa shape index (κ3) is 12.9. The fourth-order valence-corrected chi connectivity index (χ4v) is 2.01. The Bertz CT molecular complexity index is 326. The highest BCUT2D eigenvalue weighted by molar-refractivity contribution is 4.65. The van der Waals surface area contributed by atoms with Crippen LogP contribution in [0.1, 0.15) is 77.9 Å². The Kier molecular flexibility index (Phi) is 9.44. The topological polar surface area (TPSA) is 58.9 Å². The van der Waals surface area contributed by atoms with Gasteiger partial charge in [-0.25, -0.2) is 0 Å². The molecule has 4 heteroatoms. The molecule has 0 fully saturated rings. The van der Waals surface area contributed by atoms with E-state index in [0.29, 0.717) is 13.2 Å². The molecule has 0 aromatic carbocycles.